The molecule has 136 valence electrons. The Morgan fingerprint density at radius 2 is 2.00 bits per heavy atom. The molecule has 7 nitrogen and oxygen atoms in total. The molecule has 0 bridgehead atoms. The van der Waals surface area contributed by atoms with Crippen molar-refractivity contribution in [3.63, 3.8) is 0 Å². The summed E-state index contributed by atoms with van der Waals surface area (Å²) in [5.41, 5.74) is 3.56. The zero-order valence-corrected chi connectivity index (χ0v) is 16.6. The average molecular weight is 381 g/mol. The van der Waals surface area contributed by atoms with E-state index in [0.717, 1.165) is 16.4 Å². The van der Waals surface area contributed by atoms with Gasteiger partial charge in [-0.3, -0.25) is 9.79 Å². The van der Waals surface area contributed by atoms with Crippen LogP contribution in [-0.4, -0.2) is 42.0 Å². The number of aromatic nitrogens is 2. The topological polar surface area (TPSA) is 91.3 Å². The summed E-state index contributed by atoms with van der Waals surface area (Å²) in [4.78, 5) is 25.5. The van der Waals surface area contributed by atoms with Crippen LogP contribution in [0.25, 0.3) is 0 Å². The van der Waals surface area contributed by atoms with Crippen molar-refractivity contribution >= 4 is 34.5 Å². The number of hydrogen-bond acceptors (Lipinski definition) is 6. The fraction of sp³-hybridized carbons (Fsp3) is 0.500. The van der Waals surface area contributed by atoms with E-state index < -0.39 is 0 Å². The van der Waals surface area contributed by atoms with Crippen LogP contribution in [0.3, 0.4) is 0 Å². The average Bonchev–Trinajstić information content (AvgIpc) is 3.23. The van der Waals surface area contributed by atoms with E-state index in [4.69, 9.17) is 0 Å². The van der Waals surface area contributed by atoms with Gasteiger partial charge < -0.3 is 16.0 Å². The molecular weight excluding hydrogens is 356 g/mol. The molecule has 0 aliphatic rings. The van der Waals surface area contributed by atoms with Gasteiger partial charge >= 0.3 is 0 Å². The molecule has 0 fully saturated rings. The predicted molar refractivity (Wildman–Crippen MR) is 104 cm³/mol. The Morgan fingerprint density at radius 1 is 1.24 bits per heavy atom. The quantitative estimate of drug-likeness (QED) is 0.389. The van der Waals surface area contributed by atoms with E-state index in [0.29, 0.717) is 36.4 Å². The van der Waals surface area contributed by atoms with Gasteiger partial charge in [-0.05, 0) is 12.8 Å². The lowest BCUT2D eigenvalue weighted by Crippen LogP contribution is -2.41. The number of aliphatic imine (C=N–C) groups is 1. The number of amides is 1. The van der Waals surface area contributed by atoms with E-state index in [9.17, 15) is 4.79 Å². The first-order chi connectivity index (χ1) is 12.0. The van der Waals surface area contributed by atoms with E-state index >= 15 is 0 Å². The van der Waals surface area contributed by atoms with Crippen molar-refractivity contribution < 1.29 is 4.79 Å². The third kappa shape index (κ3) is 5.79. The molecule has 2 heterocycles. The van der Waals surface area contributed by atoms with E-state index in [1.165, 1.54) is 11.3 Å². The molecular formula is C16H24N6OS2. The lowest BCUT2D eigenvalue weighted by atomic mass is 10.2. The molecule has 0 unspecified atom stereocenters. The molecule has 9 heteroatoms. The van der Waals surface area contributed by atoms with Crippen LogP contribution in [0.5, 0.6) is 0 Å². The van der Waals surface area contributed by atoms with Crippen molar-refractivity contribution in [1.82, 2.24) is 25.9 Å². The highest BCUT2D eigenvalue weighted by Crippen LogP contribution is 2.17. The Kier molecular flexibility index (Phi) is 7.32. The van der Waals surface area contributed by atoms with Crippen LogP contribution in [0.15, 0.2) is 15.9 Å². The van der Waals surface area contributed by atoms with Gasteiger partial charge in [-0.2, -0.15) is 0 Å². The molecule has 0 aliphatic heterocycles. The van der Waals surface area contributed by atoms with Crippen LogP contribution in [0.1, 0.15) is 45.8 Å². The van der Waals surface area contributed by atoms with Crippen molar-refractivity contribution in [2.45, 2.75) is 33.2 Å². The highest BCUT2D eigenvalue weighted by molar-refractivity contribution is 7.11. The van der Waals surface area contributed by atoms with Crippen molar-refractivity contribution in [1.29, 1.82) is 0 Å². The van der Waals surface area contributed by atoms with Gasteiger partial charge in [-0.15, -0.1) is 22.7 Å². The first kappa shape index (κ1) is 19.3. The first-order valence-corrected chi connectivity index (χ1v) is 9.84. The summed E-state index contributed by atoms with van der Waals surface area (Å²) in [5, 5.41) is 12.4. The summed E-state index contributed by atoms with van der Waals surface area (Å²) >= 11 is 2.99. The Bertz CT molecular complexity index is 722. The predicted octanol–water partition coefficient (Wildman–Crippen LogP) is 2.13. The minimum atomic E-state index is -0.0891. The van der Waals surface area contributed by atoms with Crippen LogP contribution < -0.4 is 16.0 Å². The molecule has 0 saturated carbocycles. The minimum absolute atomic E-state index is 0.0891. The van der Waals surface area contributed by atoms with Gasteiger partial charge in [0, 0.05) is 25.5 Å². The van der Waals surface area contributed by atoms with Crippen LogP contribution in [0.2, 0.25) is 0 Å². The summed E-state index contributed by atoms with van der Waals surface area (Å²) in [6.45, 7) is 7.82. The smallest absolute Gasteiger partial charge is 0.263 e. The second-order valence-electron chi connectivity index (χ2n) is 5.70. The van der Waals surface area contributed by atoms with Gasteiger partial charge in [0.1, 0.15) is 9.88 Å². The molecule has 0 aromatic carbocycles. The zero-order valence-electron chi connectivity index (χ0n) is 14.9. The molecule has 0 saturated heterocycles. The number of nitrogens with zero attached hydrogens (tertiary/aromatic N) is 3. The van der Waals surface area contributed by atoms with Crippen molar-refractivity contribution in [3.05, 3.63) is 32.2 Å². The van der Waals surface area contributed by atoms with Crippen LogP contribution in [-0.2, 0) is 6.54 Å². The van der Waals surface area contributed by atoms with Gasteiger partial charge in [0.25, 0.3) is 5.91 Å². The van der Waals surface area contributed by atoms with E-state index in [1.807, 2.05) is 6.92 Å². The molecule has 25 heavy (non-hydrogen) atoms. The number of hydrogen-bond donors (Lipinski definition) is 3. The first-order valence-electron chi connectivity index (χ1n) is 8.08. The maximum absolute atomic E-state index is 12.0. The number of thiazole rings is 2. The summed E-state index contributed by atoms with van der Waals surface area (Å²) in [6, 6.07) is 0. The fourth-order valence-electron chi connectivity index (χ4n) is 2.01. The van der Waals surface area contributed by atoms with Crippen molar-refractivity contribution in [2.75, 3.05) is 20.1 Å². The maximum Gasteiger partial charge on any atom is 0.263 e. The second kappa shape index (κ2) is 9.47. The van der Waals surface area contributed by atoms with E-state index in [1.54, 1.807) is 23.9 Å². The number of aryl methyl sites for hydroxylation is 1. The number of carbonyl (C=O) groups is 1. The largest absolute Gasteiger partial charge is 0.355 e. The SMILES string of the molecule is CN=C(NCCNC(=O)c1scnc1C)NCc1nc(C(C)C)cs1. The van der Waals surface area contributed by atoms with Crippen LogP contribution in [0, 0.1) is 6.92 Å². The van der Waals surface area contributed by atoms with E-state index in [2.05, 4.69) is 50.1 Å². The Hall–Kier alpha value is -2.00. The van der Waals surface area contributed by atoms with Gasteiger partial charge in [0.2, 0.25) is 0 Å². The summed E-state index contributed by atoms with van der Waals surface area (Å²) < 4.78 is 0. The number of nitrogens with one attached hydrogen (secondary N) is 3. The van der Waals surface area contributed by atoms with Crippen molar-refractivity contribution in [2.24, 2.45) is 4.99 Å². The lowest BCUT2D eigenvalue weighted by Gasteiger charge is -2.11. The summed E-state index contributed by atoms with van der Waals surface area (Å²) in [6.07, 6.45) is 0. The van der Waals surface area contributed by atoms with Crippen LogP contribution >= 0.6 is 22.7 Å². The summed E-state index contributed by atoms with van der Waals surface area (Å²) in [7, 11) is 1.72. The zero-order chi connectivity index (χ0) is 18.2. The Morgan fingerprint density at radius 3 is 2.60 bits per heavy atom. The maximum atomic E-state index is 12.0. The number of carbonyl (C=O) groups excluding carboxylic acids is 1. The normalized spacial score (nSPS) is 11.6. The Labute approximate surface area is 156 Å². The van der Waals surface area contributed by atoms with Gasteiger partial charge in [-0.25, -0.2) is 9.97 Å². The molecule has 2 rings (SSSR count). The third-order valence-electron chi connectivity index (χ3n) is 3.45. The molecule has 0 atom stereocenters. The Balaban J connectivity index is 1.69. The number of rotatable bonds is 7. The van der Waals surface area contributed by atoms with Crippen molar-refractivity contribution in [3.8, 4) is 0 Å². The molecule has 0 aliphatic carbocycles. The monoisotopic (exact) mass is 380 g/mol. The fourth-order valence-corrected chi connectivity index (χ4v) is 3.62. The molecule has 0 radical (unpaired) electrons. The van der Waals surface area contributed by atoms with E-state index in [-0.39, 0.29) is 5.91 Å². The molecule has 1 amide bonds. The standard InChI is InChI=1S/C16H24N6OS2/c1-10(2)12-8-24-13(22-12)7-20-16(17-4)19-6-5-18-15(23)14-11(3)21-9-25-14/h8-10H,5-7H2,1-4H3,(H,18,23)(H2,17,19,20). The lowest BCUT2D eigenvalue weighted by molar-refractivity contribution is 0.0957. The van der Waals surface area contributed by atoms with Gasteiger partial charge in [0.15, 0.2) is 5.96 Å². The highest BCUT2D eigenvalue weighted by atomic mass is 32.1. The molecule has 2 aromatic heterocycles. The second-order valence-corrected chi connectivity index (χ2v) is 7.49. The summed E-state index contributed by atoms with van der Waals surface area (Å²) in [5.74, 6) is 1.03. The molecule has 3 N–H and O–H groups in total. The molecule has 2 aromatic rings. The van der Waals surface area contributed by atoms with Crippen LogP contribution in [0.4, 0.5) is 0 Å². The highest BCUT2D eigenvalue weighted by Gasteiger charge is 2.10. The third-order valence-corrected chi connectivity index (χ3v) is 5.24. The minimum Gasteiger partial charge on any atom is -0.355 e. The number of guanidine groups is 1. The van der Waals surface area contributed by atoms with Gasteiger partial charge in [-0.1, -0.05) is 13.8 Å². The van der Waals surface area contributed by atoms with Gasteiger partial charge in [0.05, 0.1) is 23.4 Å². The molecule has 0 spiro atoms.